The van der Waals surface area contributed by atoms with Crippen molar-refractivity contribution in [1.82, 2.24) is 25.3 Å². The number of urea groups is 1. The van der Waals surface area contributed by atoms with Gasteiger partial charge in [0.2, 0.25) is 11.8 Å². The van der Waals surface area contributed by atoms with Gasteiger partial charge in [-0.2, -0.15) is 4.98 Å². The number of hydrogen-bond donors (Lipinski definition) is 1. The molecule has 162 valence electrons. The molecule has 1 atom stereocenters. The maximum absolute atomic E-state index is 12.7. The molecule has 1 N–H and O–H groups in total. The van der Waals surface area contributed by atoms with Crippen LogP contribution in [0.5, 0.6) is 0 Å². The summed E-state index contributed by atoms with van der Waals surface area (Å²) < 4.78 is 5.26. The highest BCUT2D eigenvalue weighted by atomic mass is 16.5. The smallest absolute Gasteiger partial charge is 0.317 e. The molecule has 0 aromatic carbocycles. The van der Waals surface area contributed by atoms with E-state index in [1.165, 1.54) is 19.3 Å². The van der Waals surface area contributed by atoms with E-state index in [0.29, 0.717) is 37.3 Å². The van der Waals surface area contributed by atoms with Crippen molar-refractivity contribution in [2.45, 2.75) is 90.1 Å². The third-order valence-electron chi connectivity index (χ3n) is 6.02. The second kappa shape index (κ2) is 10.1. The van der Waals surface area contributed by atoms with Crippen molar-refractivity contribution in [3.8, 4) is 0 Å². The minimum Gasteiger partial charge on any atom is -0.339 e. The molecule has 1 saturated heterocycles. The molecule has 0 bridgehead atoms. The second-order valence-corrected chi connectivity index (χ2v) is 8.69. The lowest BCUT2D eigenvalue weighted by Crippen LogP contribution is -2.55. The lowest BCUT2D eigenvalue weighted by Gasteiger charge is -2.39. The molecule has 8 heteroatoms. The van der Waals surface area contributed by atoms with Crippen LogP contribution in [-0.2, 0) is 11.2 Å². The van der Waals surface area contributed by atoms with E-state index >= 15 is 0 Å². The summed E-state index contributed by atoms with van der Waals surface area (Å²) in [5, 5.41) is 7.22. The zero-order chi connectivity index (χ0) is 20.8. The van der Waals surface area contributed by atoms with Crippen molar-refractivity contribution in [2.75, 3.05) is 19.6 Å². The van der Waals surface area contributed by atoms with Gasteiger partial charge in [-0.1, -0.05) is 38.3 Å². The van der Waals surface area contributed by atoms with Crippen LogP contribution in [0.1, 0.15) is 83.3 Å². The SMILES string of the molecule is CC(=O)N(CCc1noc(C(C)C)n1)C1CCCN(C(=O)NC2CCCCC2)C1. The predicted molar refractivity (Wildman–Crippen MR) is 109 cm³/mol. The molecule has 1 aliphatic heterocycles. The van der Waals surface area contributed by atoms with Gasteiger partial charge in [-0.3, -0.25) is 4.79 Å². The van der Waals surface area contributed by atoms with Crippen LogP contribution in [0.3, 0.4) is 0 Å². The summed E-state index contributed by atoms with van der Waals surface area (Å²) >= 11 is 0. The van der Waals surface area contributed by atoms with E-state index in [1.807, 2.05) is 23.6 Å². The molecular weight excluding hydrogens is 370 g/mol. The zero-order valence-electron chi connectivity index (χ0n) is 18.0. The average Bonchev–Trinajstić information content (AvgIpc) is 3.18. The molecule has 1 unspecified atom stereocenters. The number of nitrogens with zero attached hydrogens (tertiary/aromatic N) is 4. The fraction of sp³-hybridized carbons (Fsp3) is 0.810. The molecule has 0 radical (unpaired) electrons. The average molecular weight is 406 g/mol. The fourth-order valence-corrected chi connectivity index (χ4v) is 4.33. The summed E-state index contributed by atoms with van der Waals surface area (Å²) in [4.78, 5) is 33.2. The quantitative estimate of drug-likeness (QED) is 0.785. The van der Waals surface area contributed by atoms with Crippen molar-refractivity contribution >= 4 is 11.9 Å². The first kappa shape index (κ1) is 21.6. The van der Waals surface area contributed by atoms with E-state index in [0.717, 1.165) is 32.2 Å². The highest BCUT2D eigenvalue weighted by Crippen LogP contribution is 2.20. The Morgan fingerprint density at radius 3 is 2.62 bits per heavy atom. The maximum Gasteiger partial charge on any atom is 0.317 e. The fourth-order valence-electron chi connectivity index (χ4n) is 4.33. The van der Waals surface area contributed by atoms with Crippen LogP contribution in [0.4, 0.5) is 4.79 Å². The second-order valence-electron chi connectivity index (χ2n) is 8.69. The molecule has 29 heavy (non-hydrogen) atoms. The van der Waals surface area contributed by atoms with Crippen LogP contribution in [0.25, 0.3) is 0 Å². The zero-order valence-corrected chi connectivity index (χ0v) is 18.0. The molecule has 3 rings (SSSR count). The van der Waals surface area contributed by atoms with E-state index < -0.39 is 0 Å². The highest BCUT2D eigenvalue weighted by Gasteiger charge is 2.30. The van der Waals surface area contributed by atoms with Gasteiger partial charge in [0.05, 0.1) is 0 Å². The molecule has 0 spiro atoms. The van der Waals surface area contributed by atoms with Gasteiger partial charge in [-0.05, 0) is 25.7 Å². The lowest BCUT2D eigenvalue weighted by molar-refractivity contribution is -0.132. The summed E-state index contributed by atoms with van der Waals surface area (Å²) in [5.41, 5.74) is 0. The Kier molecular flexibility index (Phi) is 7.50. The molecule has 1 saturated carbocycles. The monoisotopic (exact) mass is 405 g/mol. The van der Waals surface area contributed by atoms with Gasteiger partial charge >= 0.3 is 6.03 Å². The molecule has 2 fully saturated rings. The Balaban J connectivity index is 1.55. The maximum atomic E-state index is 12.7. The summed E-state index contributed by atoms with van der Waals surface area (Å²) in [7, 11) is 0. The Bertz CT molecular complexity index is 684. The van der Waals surface area contributed by atoms with Gasteiger partial charge in [0.1, 0.15) is 0 Å². The molecule has 3 amide bonds. The van der Waals surface area contributed by atoms with Crippen molar-refractivity contribution in [1.29, 1.82) is 0 Å². The van der Waals surface area contributed by atoms with Crippen LogP contribution < -0.4 is 5.32 Å². The van der Waals surface area contributed by atoms with Gasteiger partial charge in [0.25, 0.3) is 0 Å². The largest absolute Gasteiger partial charge is 0.339 e. The topological polar surface area (TPSA) is 91.6 Å². The van der Waals surface area contributed by atoms with E-state index in [4.69, 9.17) is 4.52 Å². The van der Waals surface area contributed by atoms with Gasteiger partial charge < -0.3 is 19.6 Å². The Labute approximate surface area is 173 Å². The van der Waals surface area contributed by atoms with Crippen molar-refractivity contribution in [2.24, 2.45) is 0 Å². The molecule has 1 aromatic heterocycles. The van der Waals surface area contributed by atoms with Gasteiger partial charge in [0, 0.05) is 51.0 Å². The molecule has 2 heterocycles. The third kappa shape index (κ3) is 5.93. The normalized spacial score (nSPS) is 20.7. The van der Waals surface area contributed by atoms with E-state index in [-0.39, 0.29) is 23.9 Å². The van der Waals surface area contributed by atoms with E-state index in [9.17, 15) is 9.59 Å². The van der Waals surface area contributed by atoms with Crippen molar-refractivity contribution in [3.05, 3.63) is 11.7 Å². The number of aromatic nitrogens is 2. The van der Waals surface area contributed by atoms with E-state index in [1.54, 1.807) is 6.92 Å². The summed E-state index contributed by atoms with van der Waals surface area (Å²) in [5.74, 6) is 1.46. The lowest BCUT2D eigenvalue weighted by atomic mass is 9.95. The van der Waals surface area contributed by atoms with Crippen LogP contribution in [-0.4, -0.2) is 63.6 Å². The first-order chi connectivity index (χ1) is 13.9. The van der Waals surface area contributed by atoms with Crippen LogP contribution >= 0.6 is 0 Å². The van der Waals surface area contributed by atoms with Crippen molar-refractivity contribution < 1.29 is 14.1 Å². The number of carbonyl (C=O) groups is 2. The Morgan fingerprint density at radius 1 is 1.21 bits per heavy atom. The summed E-state index contributed by atoms with van der Waals surface area (Å²) in [6.45, 7) is 7.49. The Hall–Kier alpha value is -2.12. The third-order valence-corrected chi connectivity index (χ3v) is 6.02. The Morgan fingerprint density at radius 2 is 1.97 bits per heavy atom. The number of rotatable bonds is 6. The minimum atomic E-state index is 0.0184. The number of hydrogen-bond acceptors (Lipinski definition) is 5. The van der Waals surface area contributed by atoms with Crippen LogP contribution in [0, 0.1) is 0 Å². The summed E-state index contributed by atoms with van der Waals surface area (Å²) in [6.07, 6.45) is 8.19. The van der Waals surface area contributed by atoms with Crippen LogP contribution in [0.2, 0.25) is 0 Å². The molecule has 8 nitrogen and oxygen atoms in total. The highest BCUT2D eigenvalue weighted by molar-refractivity contribution is 5.76. The van der Waals surface area contributed by atoms with Crippen LogP contribution in [0.15, 0.2) is 4.52 Å². The minimum absolute atomic E-state index is 0.0184. The number of piperidine rings is 1. The number of nitrogens with one attached hydrogen (secondary N) is 1. The molecular formula is C21H35N5O3. The van der Waals surface area contributed by atoms with Gasteiger partial charge in [-0.25, -0.2) is 4.79 Å². The number of amides is 3. The number of likely N-dealkylation sites (tertiary alicyclic amines) is 1. The summed E-state index contributed by atoms with van der Waals surface area (Å²) in [6, 6.07) is 0.355. The molecule has 2 aliphatic rings. The van der Waals surface area contributed by atoms with E-state index in [2.05, 4.69) is 15.5 Å². The predicted octanol–water partition coefficient (Wildman–Crippen LogP) is 3.09. The van der Waals surface area contributed by atoms with Crippen molar-refractivity contribution in [3.63, 3.8) is 0 Å². The van der Waals surface area contributed by atoms with Gasteiger partial charge in [-0.15, -0.1) is 0 Å². The standard InChI is InChI=1S/C21H35N5O3/c1-15(2)20-23-19(24-29-20)11-13-26(16(3)27)18-10-7-12-25(14-18)21(28)22-17-8-5-4-6-9-17/h15,17-18H,4-14H2,1-3H3,(H,22,28). The molecule has 1 aliphatic carbocycles. The van der Waals surface area contributed by atoms with Gasteiger partial charge in [0.15, 0.2) is 5.82 Å². The number of carbonyl (C=O) groups excluding carboxylic acids is 2. The molecule has 1 aromatic rings. The first-order valence-electron chi connectivity index (χ1n) is 11.1. The first-order valence-corrected chi connectivity index (χ1v) is 11.1.